The average Bonchev–Trinajstić information content (AvgIpc) is 3.30. The van der Waals surface area contributed by atoms with Gasteiger partial charge in [-0.15, -0.1) is 10.2 Å². The summed E-state index contributed by atoms with van der Waals surface area (Å²) >= 11 is 7.71. The molecule has 0 N–H and O–H groups in total. The highest BCUT2D eigenvalue weighted by Crippen LogP contribution is 2.29. The number of pyridine rings is 1. The van der Waals surface area contributed by atoms with E-state index < -0.39 is 0 Å². The van der Waals surface area contributed by atoms with Crippen LogP contribution in [0.3, 0.4) is 0 Å². The Morgan fingerprint density at radius 1 is 1.11 bits per heavy atom. The molecular formula is C20H21ClN6S. The molecule has 3 aromatic heterocycles. The molecule has 0 amide bonds. The maximum atomic E-state index is 6.08. The number of nitrogens with zero attached hydrogens (tertiary/aromatic N) is 6. The van der Waals surface area contributed by atoms with E-state index in [0.717, 1.165) is 28.0 Å². The first kappa shape index (κ1) is 19.0. The van der Waals surface area contributed by atoms with Gasteiger partial charge in [0.25, 0.3) is 0 Å². The summed E-state index contributed by atoms with van der Waals surface area (Å²) in [5, 5.41) is 10.5. The number of imidazole rings is 1. The summed E-state index contributed by atoms with van der Waals surface area (Å²) in [5.74, 6) is 1.61. The third-order valence-corrected chi connectivity index (χ3v) is 5.87. The van der Waals surface area contributed by atoms with Gasteiger partial charge in [-0.2, -0.15) is 0 Å². The van der Waals surface area contributed by atoms with Crippen molar-refractivity contribution in [3.05, 3.63) is 71.4 Å². The molecule has 0 spiro atoms. The zero-order valence-corrected chi connectivity index (χ0v) is 17.5. The van der Waals surface area contributed by atoms with Crippen molar-refractivity contribution in [3.8, 4) is 5.69 Å². The number of rotatable bonds is 6. The number of thioether (sulfide) groups is 1. The Morgan fingerprint density at radius 2 is 1.89 bits per heavy atom. The van der Waals surface area contributed by atoms with Gasteiger partial charge in [-0.1, -0.05) is 29.4 Å². The lowest BCUT2D eigenvalue weighted by Gasteiger charge is -2.20. The van der Waals surface area contributed by atoms with E-state index in [1.807, 2.05) is 67.2 Å². The smallest absolute Gasteiger partial charge is 0.196 e. The Bertz CT molecular complexity index is 1050. The van der Waals surface area contributed by atoms with Gasteiger partial charge in [-0.25, -0.2) is 4.98 Å². The molecule has 4 aromatic rings. The molecule has 0 radical (unpaired) electrons. The third kappa shape index (κ3) is 3.78. The van der Waals surface area contributed by atoms with E-state index in [1.165, 1.54) is 0 Å². The molecule has 0 fully saturated rings. The monoisotopic (exact) mass is 412 g/mol. The van der Waals surface area contributed by atoms with Crippen LogP contribution >= 0.6 is 23.4 Å². The van der Waals surface area contributed by atoms with Crippen LogP contribution in [-0.4, -0.2) is 43.1 Å². The third-order valence-electron chi connectivity index (χ3n) is 4.65. The molecule has 6 nitrogen and oxygen atoms in total. The second-order valence-electron chi connectivity index (χ2n) is 6.78. The van der Waals surface area contributed by atoms with Crippen LogP contribution in [0.2, 0.25) is 5.02 Å². The van der Waals surface area contributed by atoms with E-state index in [0.29, 0.717) is 10.8 Å². The van der Waals surface area contributed by atoms with Crippen molar-refractivity contribution >= 4 is 29.0 Å². The van der Waals surface area contributed by atoms with Crippen LogP contribution in [0.5, 0.6) is 0 Å². The van der Waals surface area contributed by atoms with E-state index in [4.69, 9.17) is 11.6 Å². The quantitative estimate of drug-likeness (QED) is 0.437. The van der Waals surface area contributed by atoms with Gasteiger partial charge in [0.1, 0.15) is 5.65 Å². The summed E-state index contributed by atoms with van der Waals surface area (Å²) in [7, 11) is 4.07. The lowest BCUT2D eigenvalue weighted by atomic mass is 10.2. The van der Waals surface area contributed by atoms with E-state index >= 15 is 0 Å². The molecule has 4 rings (SSSR count). The molecule has 1 aromatic carbocycles. The minimum Gasteiger partial charge on any atom is -0.307 e. The molecule has 144 valence electrons. The molecule has 1 atom stereocenters. The number of fused-ring (bicyclic) bond motifs is 1. The van der Waals surface area contributed by atoms with Gasteiger partial charge in [0.2, 0.25) is 0 Å². The van der Waals surface area contributed by atoms with E-state index in [1.54, 1.807) is 11.8 Å². The largest absolute Gasteiger partial charge is 0.307 e. The van der Waals surface area contributed by atoms with Crippen molar-refractivity contribution in [1.82, 2.24) is 29.0 Å². The first-order valence-electron chi connectivity index (χ1n) is 8.96. The molecule has 8 heteroatoms. The van der Waals surface area contributed by atoms with Crippen LogP contribution in [0, 0.1) is 0 Å². The molecule has 0 saturated heterocycles. The van der Waals surface area contributed by atoms with Crippen molar-refractivity contribution < 1.29 is 0 Å². The molecule has 0 aliphatic heterocycles. The standard InChI is InChI=1S/C20H21ClN6S/c1-14(25(2)3)19-23-24-20(27(19)17-9-7-15(21)8-10-17)28-13-16-12-26-11-5-4-6-18(26)22-16/h4-12,14H,13H2,1-3H3/t14-/m0/s1. The van der Waals surface area contributed by atoms with Crippen molar-refractivity contribution in [3.63, 3.8) is 0 Å². The Hall–Kier alpha value is -2.35. The fourth-order valence-electron chi connectivity index (χ4n) is 2.90. The predicted molar refractivity (Wildman–Crippen MR) is 113 cm³/mol. The topological polar surface area (TPSA) is 51.2 Å². The highest BCUT2D eigenvalue weighted by Gasteiger charge is 2.21. The van der Waals surface area contributed by atoms with Gasteiger partial charge in [0, 0.05) is 28.9 Å². The summed E-state index contributed by atoms with van der Waals surface area (Å²) in [4.78, 5) is 6.79. The Labute approximate surface area is 173 Å². The average molecular weight is 413 g/mol. The Morgan fingerprint density at radius 3 is 2.61 bits per heavy atom. The highest BCUT2D eigenvalue weighted by molar-refractivity contribution is 7.98. The molecule has 0 aliphatic rings. The SMILES string of the molecule is C[C@@H](c1nnc(SCc2cn3ccccc3n2)n1-c1ccc(Cl)cc1)N(C)C. The second kappa shape index (κ2) is 7.95. The van der Waals surface area contributed by atoms with Crippen molar-refractivity contribution in [1.29, 1.82) is 0 Å². The molecule has 0 bridgehead atoms. The van der Waals surface area contributed by atoms with Gasteiger partial charge in [0.05, 0.1) is 11.7 Å². The summed E-state index contributed by atoms with van der Waals surface area (Å²) < 4.78 is 4.13. The molecule has 0 unspecified atom stereocenters. The zero-order chi connectivity index (χ0) is 19.7. The normalized spacial score (nSPS) is 12.8. The summed E-state index contributed by atoms with van der Waals surface area (Å²) in [5.41, 5.74) is 2.94. The highest BCUT2D eigenvalue weighted by atomic mass is 35.5. The van der Waals surface area contributed by atoms with Crippen LogP contribution in [0.1, 0.15) is 24.5 Å². The number of hydrogen-bond acceptors (Lipinski definition) is 5. The van der Waals surface area contributed by atoms with E-state index in [9.17, 15) is 0 Å². The lowest BCUT2D eigenvalue weighted by Crippen LogP contribution is -2.20. The minimum absolute atomic E-state index is 0.118. The number of benzene rings is 1. The van der Waals surface area contributed by atoms with Crippen LogP contribution in [0.15, 0.2) is 60.0 Å². The molecule has 0 aliphatic carbocycles. The van der Waals surface area contributed by atoms with E-state index in [-0.39, 0.29) is 6.04 Å². The molecule has 3 heterocycles. The van der Waals surface area contributed by atoms with Crippen molar-refractivity contribution in [2.75, 3.05) is 14.1 Å². The summed E-state index contributed by atoms with van der Waals surface area (Å²) in [6.45, 7) is 2.12. The van der Waals surface area contributed by atoms with Gasteiger partial charge in [-0.3, -0.25) is 9.47 Å². The zero-order valence-electron chi connectivity index (χ0n) is 16.0. The first-order chi connectivity index (χ1) is 13.5. The van der Waals surface area contributed by atoms with Crippen LogP contribution in [0.4, 0.5) is 0 Å². The van der Waals surface area contributed by atoms with Crippen LogP contribution in [0.25, 0.3) is 11.3 Å². The number of halogens is 1. The summed E-state index contributed by atoms with van der Waals surface area (Å²) in [6, 6.07) is 13.9. The second-order valence-corrected chi connectivity index (χ2v) is 8.16. The van der Waals surface area contributed by atoms with Gasteiger partial charge < -0.3 is 4.40 Å². The minimum atomic E-state index is 0.118. The van der Waals surface area contributed by atoms with Gasteiger partial charge in [0.15, 0.2) is 11.0 Å². The Kier molecular flexibility index (Phi) is 5.39. The van der Waals surface area contributed by atoms with Crippen LogP contribution < -0.4 is 0 Å². The van der Waals surface area contributed by atoms with E-state index in [2.05, 4.69) is 37.8 Å². The maximum absolute atomic E-state index is 6.08. The Balaban J connectivity index is 1.66. The number of aromatic nitrogens is 5. The first-order valence-corrected chi connectivity index (χ1v) is 10.3. The summed E-state index contributed by atoms with van der Waals surface area (Å²) in [6.07, 6.45) is 4.05. The molecule has 0 saturated carbocycles. The van der Waals surface area contributed by atoms with Crippen molar-refractivity contribution in [2.24, 2.45) is 0 Å². The maximum Gasteiger partial charge on any atom is 0.196 e. The lowest BCUT2D eigenvalue weighted by molar-refractivity contribution is 0.305. The fourth-order valence-corrected chi connectivity index (χ4v) is 3.87. The van der Waals surface area contributed by atoms with Crippen LogP contribution in [-0.2, 0) is 5.75 Å². The molecule has 28 heavy (non-hydrogen) atoms. The predicted octanol–water partition coefficient (Wildman–Crippen LogP) is 4.48. The van der Waals surface area contributed by atoms with Gasteiger partial charge in [-0.05, 0) is 57.4 Å². The molecular weight excluding hydrogens is 392 g/mol. The number of hydrogen-bond donors (Lipinski definition) is 0. The fraction of sp³-hybridized carbons (Fsp3) is 0.250. The van der Waals surface area contributed by atoms with Gasteiger partial charge >= 0.3 is 0 Å². The van der Waals surface area contributed by atoms with Crippen molar-refractivity contribution in [2.45, 2.75) is 23.9 Å².